The second-order valence-corrected chi connectivity index (χ2v) is 5.15. The lowest BCUT2D eigenvalue weighted by Crippen LogP contribution is -2.44. The van der Waals surface area contributed by atoms with Crippen LogP contribution in [0.5, 0.6) is 11.5 Å². The van der Waals surface area contributed by atoms with Gasteiger partial charge in [-0.2, -0.15) is 0 Å². The van der Waals surface area contributed by atoms with Crippen LogP contribution in [0.4, 0.5) is 0 Å². The van der Waals surface area contributed by atoms with Crippen LogP contribution in [0.1, 0.15) is 22.7 Å². The number of nitrogens with one attached hydrogen (secondary N) is 1. The molecule has 1 saturated heterocycles. The van der Waals surface area contributed by atoms with Crippen molar-refractivity contribution >= 4 is 0 Å². The van der Waals surface area contributed by atoms with Crippen molar-refractivity contribution < 1.29 is 9.47 Å². The minimum atomic E-state index is 0.330. The molecule has 1 aliphatic heterocycles. The maximum atomic E-state index is 5.65. The fraction of sp³-hybridized carbons (Fsp3) is 0.600. The van der Waals surface area contributed by atoms with Gasteiger partial charge in [-0.15, -0.1) is 0 Å². The highest BCUT2D eigenvalue weighted by molar-refractivity contribution is 5.53. The molecular formula is C15H24N2O2. The predicted octanol–water partition coefficient (Wildman–Crippen LogP) is 1.90. The van der Waals surface area contributed by atoms with Crippen LogP contribution in [0.15, 0.2) is 6.07 Å². The SMILES string of the molecule is COc1cc(C2CNCCN2C)c(OC)c(C)c1C. The van der Waals surface area contributed by atoms with Crippen LogP contribution in [-0.2, 0) is 0 Å². The van der Waals surface area contributed by atoms with Gasteiger partial charge in [0.1, 0.15) is 11.5 Å². The molecule has 0 bridgehead atoms. The van der Waals surface area contributed by atoms with Crippen LogP contribution < -0.4 is 14.8 Å². The van der Waals surface area contributed by atoms with Gasteiger partial charge in [-0.25, -0.2) is 0 Å². The Balaban J connectivity index is 2.51. The van der Waals surface area contributed by atoms with Crippen LogP contribution in [0, 0.1) is 13.8 Å². The summed E-state index contributed by atoms with van der Waals surface area (Å²) < 4.78 is 11.1. The van der Waals surface area contributed by atoms with Crippen molar-refractivity contribution in [1.29, 1.82) is 0 Å². The lowest BCUT2D eigenvalue weighted by Gasteiger charge is -2.35. The Kier molecular flexibility index (Phi) is 4.32. The largest absolute Gasteiger partial charge is 0.496 e. The molecule has 4 nitrogen and oxygen atoms in total. The standard InChI is InChI=1S/C15H24N2O2/c1-10-11(2)15(19-5)12(8-14(10)18-4)13-9-16-6-7-17(13)3/h8,13,16H,6-7,9H2,1-5H3. The third kappa shape index (κ3) is 2.55. The van der Waals surface area contributed by atoms with Crippen molar-refractivity contribution in [2.24, 2.45) is 0 Å². The van der Waals surface area contributed by atoms with E-state index in [0.29, 0.717) is 6.04 Å². The highest BCUT2D eigenvalue weighted by atomic mass is 16.5. The summed E-state index contributed by atoms with van der Waals surface area (Å²) in [6.45, 7) is 7.19. The van der Waals surface area contributed by atoms with Gasteiger partial charge in [0.25, 0.3) is 0 Å². The number of hydrogen-bond acceptors (Lipinski definition) is 4. The Hall–Kier alpha value is -1.26. The number of likely N-dealkylation sites (N-methyl/N-ethyl adjacent to an activating group) is 1. The van der Waals surface area contributed by atoms with Crippen LogP contribution in [0.3, 0.4) is 0 Å². The molecule has 0 saturated carbocycles. The zero-order chi connectivity index (χ0) is 14.0. The van der Waals surface area contributed by atoms with E-state index in [9.17, 15) is 0 Å². The van der Waals surface area contributed by atoms with Gasteiger partial charge >= 0.3 is 0 Å². The second kappa shape index (κ2) is 5.80. The molecular weight excluding hydrogens is 240 g/mol. The van der Waals surface area contributed by atoms with Crippen LogP contribution >= 0.6 is 0 Å². The van der Waals surface area contributed by atoms with Gasteiger partial charge in [0.05, 0.1) is 20.3 Å². The second-order valence-electron chi connectivity index (χ2n) is 5.15. The van der Waals surface area contributed by atoms with E-state index in [4.69, 9.17) is 9.47 Å². The van der Waals surface area contributed by atoms with E-state index < -0.39 is 0 Å². The van der Waals surface area contributed by atoms with Crippen molar-refractivity contribution in [2.75, 3.05) is 40.9 Å². The molecule has 0 aliphatic carbocycles. The molecule has 0 radical (unpaired) electrons. The summed E-state index contributed by atoms with van der Waals surface area (Å²) in [5.41, 5.74) is 3.52. The smallest absolute Gasteiger partial charge is 0.127 e. The number of piperazine rings is 1. The first-order valence-electron chi connectivity index (χ1n) is 6.73. The number of nitrogens with zero attached hydrogens (tertiary/aromatic N) is 1. The average molecular weight is 264 g/mol. The van der Waals surface area contributed by atoms with Gasteiger partial charge in [0, 0.05) is 25.2 Å². The lowest BCUT2D eigenvalue weighted by atomic mass is 9.96. The molecule has 0 aromatic heterocycles. The third-order valence-corrected chi connectivity index (χ3v) is 4.12. The van der Waals surface area contributed by atoms with Gasteiger partial charge in [-0.05, 0) is 38.1 Å². The Bertz CT molecular complexity index is 460. The zero-order valence-corrected chi connectivity index (χ0v) is 12.5. The number of benzene rings is 1. The molecule has 1 aromatic carbocycles. The van der Waals surface area contributed by atoms with Gasteiger partial charge < -0.3 is 14.8 Å². The summed E-state index contributed by atoms with van der Waals surface area (Å²) in [4.78, 5) is 2.36. The fourth-order valence-electron chi connectivity index (χ4n) is 2.77. The van der Waals surface area contributed by atoms with Crippen molar-refractivity contribution in [3.05, 3.63) is 22.8 Å². The van der Waals surface area contributed by atoms with E-state index in [2.05, 4.69) is 37.2 Å². The number of hydrogen-bond donors (Lipinski definition) is 1. The van der Waals surface area contributed by atoms with Crippen molar-refractivity contribution in [1.82, 2.24) is 10.2 Å². The molecule has 4 heteroatoms. The first-order chi connectivity index (χ1) is 9.10. The molecule has 1 atom stereocenters. The van der Waals surface area contributed by atoms with Crippen LogP contribution in [0.2, 0.25) is 0 Å². The van der Waals surface area contributed by atoms with Gasteiger partial charge in [0.2, 0.25) is 0 Å². The minimum Gasteiger partial charge on any atom is -0.496 e. The minimum absolute atomic E-state index is 0.330. The fourth-order valence-corrected chi connectivity index (χ4v) is 2.77. The number of rotatable bonds is 3. The monoisotopic (exact) mass is 264 g/mol. The Labute approximate surface area is 115 Å². The predicted molar refractivity (Wildman–Crippen MR) is 77.3 cm³/mol. The molecule has 1 N–H and O–H groups in total. The van der Waals surface area contributed by atoms with Gasteiger partial charge in [-0.3, -0.25) is 4.90 Å². The molecule has 1 heterocycles. The molecule has 1 aromatic rings. The molecule has 0 spiro atoms. The average Bonchev–Trinajstić information content (AvgIpc) is 2.42. The normalized spacial score (nSPS) is 20.4. The maximum absolute atomic E-state index is 5.65. The van der Waals surface area contributed by atoms with E-state index in [1.807, 2.05) is 0 Å². The van der Waals surface area contributed by atoms with E-state index in [1.165, 1.54) is 5.56 Å². The molecule has 0 amide bonds. The summed E-state index contributed by atoms with van der Waals surface area (Å²) in [6.07, 6.45) is 0. The molecule has 1 unspecified atom stereocenters. The highest BCUT2D eigenvalue weighted by Gasteiger charge is 2.26. The topological polar surface area (TPSA) is 33.7 Å². The summed E-state index contributed by atoms with van der Waals surface area (Å²) in [6, 6.07) is 2.45. The summed E-state index contributed by atoms with van der Waals surface area (Å²) >= 11 is 0. The lowest BCUT2D eigenvalue weighted by molar-refractivity contribution is 0.197. The third-order valence-electron chi connectivity index (χ3n) is 4.12. The van der Waals surface area contributed by atoms with E-state index in [1.54, 1.807) is 14.2 Å². The summed E-state index contributed by atoms with van der Waals surface area (Å²) in [7, 11) is 5.63. The van der Waals surface area contributed by atoms with Crippen molar-refractivity contribution in [3.63, 3.8) is 0 Å². The van der Waals surface area contributed by atoms with Crippen molar-refractivity contribution in [3.8, 4) is 11.5 Å². The van der Waals surface area contributed by atoms with Crippen molar-refractivity contribution in [2.45, 2.75) is 19.9 Å². The molecule has 2 rings (SSSR count). The van der Waals surface area contributed by atoms with E-state index in [-0.39, 0.29) is 0 Å². The number of methoxy groups -OCH3 is 2. The quantitative estimate of drug-likeness (QED) is 0.904. The van der Waals surface area contributed by atoms with Gasteiger partial charge in [0.15, 0.2) is 0 Å². The maximum Gasteiger partial charge on any atom is 0.127 e. The Morgan fingerprint density at radius 3 is 2.53 bits per heavy atom. The van der Waals surface area contributed by atoms with Crippen LogP contribution in [0.25, 0.3) is 0 Å². The molecule has 1 aliphatic rings. The summed E-state index contributed by atoms with van der Waals surface area (Å²) in [5.74, 6) is 1.92. The summed E-state index contributed by atoms with van der Waals surface area (Å²) in [5, 5.41) is 3.45. The van der Waals surface area contributed by atoms with Gasteiger partial charge in [-0.1, -0.05) is 0 Å². The van der Waals surface area contributed by atoms with E-state index in [0.717, 1.165) is 42.3 Å². The highest BCUT2D eigenvalue weighted by Crippen LogP contribution is 2.38. The molecule has 19 heavy (non-hydrogen) atoms. The zero-order valence-electron chi connectivity index (χ0n) is 12.5. The molecule has 106 valence electrons. The Morgan fingerprint density at radius 1 is 1.21 bits per heavy atom. The number of ether oxygens (including phenoxy) is 2. The Morgan fingerprint density at radius 2 is 1.95 bits per heavy atom. The first-order valence-corrected chi connectivity index (χ1v) is 6.73. The van der Waals surface area contributed by atoms with Crippen LogP contribution in [-0.4, -0.2) is 45.8 Å². The first kappa shape index (κ1) is 14.2. The molecule has 1 fully saturated rings. The van der Waals surface area contributed by atoms with E-state index >= 15 is 0 Å².